The lowest BCUT2D eigenvalue weighted by Gasteiger charge is -2.39. The minimum atomic E-state index is -0.0344. The van der Waals surface area contributed by atoms with E-state index < -0.39 is 0 Å². The Kier molecular flexibility index (Phi) is 3.43. The molecule has 21 heavy (non-hydrogen) atoms. The first kappa shape index (κ1) is 13.3. The van der Waals surface area contributed by atoms with Crippen molar-refractivity contribution in [2.45, 2.75) is 37.9 Å². The number of fused-ring (bicyclic) bond motifs is 2. The number of rotatable bonds is 1. The number of amides is 1. The Balaban J connectivity index is 1.44. The molecule has 2 saturated heterocycles. The molecule has 2 atom stereocenters. The van der Waals surface area contributed by atoms with E-state index in [1.54, 1.807) is 0 Å². The van der Waals surface area contributed by atoms with Crippen LogP contribution in [0, 0.1) is 0 Å². The molecule has 0 spiro atoms. The van der Waals surface area contributed by atoms with Crippen molar-refractivity contribution in [2.75, 3.05) is 26.2 Å². The molecule has 3 heterocycles. The Hall–Kier alpha value is -1.39. The number of nitrogens with zero attached hydrogens (tertiary/aromatic N) is 2. The van der Waals surface area contributed by atoms with Gasteiger partial charge in [0.05, 0.1) is 6.04 Å². The fourth-order valence-electron chi connectivity index (χ4n) is 4.04. The zero-order valence-corrected chi connectivity index (χ0v) is 12.4. The van der Waals surface area contributed by atoms with Gasteiger partial charge < -0.3 is 10.2 Å². The highest BCUT2D eigenvalue weighted by atomic mass is 16.2. The second-order valence-electron chi connectivity index (χ2n) is 6.52. The van der Waals surface area contributed by atoms with Gasteiger partial charge in [-0.3, -0.25) is 9.69 Å². The van der Waals surface area contributed by atoms with Crippen LogP contribution in [0.3, 0.4) is 0 Å². The lowest BCUT2D eigenvalue weighted by Crippen LogP contribution is -2.57. The molecule has 1 unspecified atom stereocenters. The molecular weight excluding hydrogens is 262 g/mol. The first-order chi connectivity index (χ1) is 10.3. The van der Waals surface area contributed by atoms with E-state index in [0.717, 1.165) is 32.6 Å². The maximum absolute atomic E-state index is 12.8. The van der Waals surface area contributed by atoms with Crippen molar-refractivity contribution in [1.82, 2.24) is 15.1 Å². The highest BCUT2D eigenvalue weighted by molar-refractivity contribution is 5.82. The maximum atomic E-state index is 12.8. The first-order valence-corrected chi connectivity index (χ1v) is 8.14. The third-order valence-electron chi connectivity index (χ3n) is 5.28. The Morgan fingerprint density at radius 3 is 2.90 bits per heavy atom. The average Bonchev–Trinajstić information content (AvgIpc) is 3.01. The summed E-state index contributed by atoms with van der Waals surface area (Å²) in [6, 6.07) is 9.03. The molecule has 0 bridgehead atoms. The van der Waals surface area contributed by atoms with E-state index in [1.165, 1.54) is 30.5 Å². The van der Waals surface area contributed by atoms with Crippen molar-refractivity contribution in [3.05, 3.63) is 35.4 Å². The van der Waals surface area contributed by atoms with Crippen LogP contribution < -0.4 is 5.32 Å². The Labute approximate surface area is 126 Å². The molecule has 0 radical (unpaired) electrons. The number of carbonyl (C=O) groups is 1. The summed E-state index contributed by atoms with van der Waals surface area (Å²) < 4.78 is 0. The molecule has 0 saturated carbocycles. The number of hydrogen-bond donors (Lipinski definition) is 1. The van der Waals surface area contributed by atoms with E-state index in [2.05, 4.69) is 39.4 Å². The molecular formula is C17H23N3O. The topological polar surface area (TPSA) is 35.6 Å². The maximum Gasteiger partial charge on any atom is 0.240 e. The van der Waals surface area contributed by atoms with Gasteiger partial charge in [-0.2, -0.15) is 0 Å². The van der Waals surface area contributed by atoms with E-state index in [-0.39, 0.29) is 6.04 Å². The SMILES string of the molecule is O=C([C@H]1Cc2ccccc2CN1)N1CCN2CCCC2C1. The molecule has 4 nitrogen and oxygen atoms in total. The van der Waals surface area contributed by atoms with Gasteiger partial charge in [0.1, 0.15) is 0 Å². The molecule has 112 valence electrons. The van der Waals surface area contributed by atoms with Crippen molar-refractivity contribution in [2.24, 2.45) is 0 Å². The molecule has 3 aliphatic rings. The molecule has 1 N–H and O–H groups in total. The zero-order chi connectivity index (χ0) is 14.2. The second-order valence-corrected chi connectivity index (χ2v) is 6.52. The standard InChI is InChI=1S/C17H23N3O/c21-17(20-9-8-19-7-3-6-15(19)12-20)16-10-13-4-1-2-5-14(13)11-18-16/h1-2,4-5,15-16,18H,3,6-12H2/t15?,16-/m1/s1. The van der Waals surface area contributed by atoms with Crippen LogP contribution in [0.1, 0.15) is 24.0 Å². The molecule has 4 heteroatoms. The highest BCUT2D eigenvalue weighted by Gasteiger charge is 2.35. The van der Waals surface area contributed by atoms with Crippen molar-refractivity contribution < 1.29 is 4.79 Å². The summed E-state index contributed by atoms with van der Waals surface area (Å²) in [5, 5.41) is 3.43. The fourth-order valence-corrected chi connectivity index (χ4v) is 4.04. The monoisotopic (exact) mass is 285 g/mol. The van der Waals surface area contributed by atoms with Gasteiger partial charge in [-0.15, -0.1) is 0 Å². The zero-order valence-electron chi connectivity index (χ0n) is 12.4. The minimum absolute atomic E-state index is 0.0344. The molecule has 0 aliphatic carbocycles. The van der Waals surface area contributed by atoms with E-state index in [1.807, 2.05) is 0 Å². The summed E-state index contributed by atoms with van der Waals surface area (Å²) in [6.45, 7) is 4.92. The van der Waals surface area contributed by atoms with Gasteiger partial charge in [-0.1, -0.05) is 24.3 Å². The van der Waals surface area contributed by atoms with Crippen LogP contribution in [0.5, 0.6) is 0 Å². The summed E-state index contributed by atoms with van der Waals surface area (Å²) in [5.74, 6) is 0.302. The first-order valence-electron chi connectivity index (χ1n) is 8.14. The van der Waals surface area contributed by atoms with Gasteiger partial charge in [0, 0.05) is 32.2 Å². The molecule has 1 amide bonds. The lowest BCUT2D eigenvalue weighted by atomic mass is 9.95. The fraction of sp³-hybridized carbons (Fsp3) is 0.588. The number of hydrogen-bond acceptors (Lipinski definition) is 3. The van der Waals surface area contributed by atoms with Crippen molar-refractivity contribution in [1.29, 1.82) is 0 Å². The van der Waals surface area contributed by atoms with Crippen LogP contribution in [-0.2, 0) is 17.8 Å². The largest absolute Gasteiger partial charge is 0.338 e. The smallest absolute Gasteiger partial charge is 0.240 e. The third kappa shape index (κ3) is 2.47. The van der Waals surface area contributed by atoms with Crippen molar-refractivity contribution in [3.63, 3.8) is 0 Å². The Bertz CT molecular complexity index is 545. The molecule has 0 aromatic heterocycles. The Morgan fingerprint density at radius 2 is 2.00 bits per heavy atom. The van der Waals surface area contributed by atoms with Crippen LogP contribution in [0.4, 0.5) is 0 Å². The quantitative estimate of drug-likeness (QED) is 0.836. The molecule has 2 fully saturated rings. The van der Waals surface area contributed by atoms with Crippen LogP contribution in [-0.4, -0.2) is 54.0 Å². The number of nitrogens with one attached hydrogen (secondary N) is 1. The van der Waals surface area contributed by atoms with Crippen LogP contribution in [0.2, 0.25) is 0 Å². The van der Waals surface area contributed by atoms with E-state index >= 15 is 0 Å². The molecule has 1 aromatic carbocycles. The van der Waals surface area contributed by atoms with E-state index in [9.17, 15) is 4.79 Å². The molecule has 4 rings (SSSR count). The van der Waals surface area contributed by atoms with Gasteiger partial charge in [0.25, 0.3) is 0 Å². The minimum Gasteiger partial charge on any atom is -0.338 e. The second kappa shape index (κ2) is 5.43. The van der Waals surface area contributed by atoms with Gasteiger partial charge in [-0.25, -0.2) is 0 Å². The average molecular weight is 285 g/mol. The summed E-state index contributed by atoms with van der Waals surface area (Å²) >= 11 is 0. The van der Waals surface area contributed by atoms with Crippen LogP contribution in [0.25, 0.3) is 0 Å². The molecule has 3 aliphatic heterocycles. The van der Waals surface area contributed by atoms with E-state index in [0.29, 0.717) is 11.9 Å². The van der Waals surface area contributed by atoms with Crippen molar-refractivity contribution in [3.8, 4) is 0 Å². The van der Waals surface area contributed by atoms with Crippen LogP contribution in [0.15, 0.2) is 24.3 Å². The van der Waals surface area contributed by atoms with Gasteiger partial charge in [0.2, 0.25) is 5.91 Å². The summed E-state index contributed by atoms with van der Waals surface area (Å²) in [5.41, 5.74) is 2.66. The number of piperazine rings is 1. The summed E-state index contributed by atoms with van der Waals surface area (Å²) in [4.78, 5) is 17.4. The van der Waals surface area contributed by atoms with E-state index in [4.69, 9.17) is 0 Å². The third-order valence-corrected chi connectivity index (χ3v) is 5.28. The van der Waals surface area contributed by atoms with Gasteiger partial charge >= 0.3 is 0 Å². The predicted octanol–water partition coefficient (Wildman–Crippen LogP) is 1.01. The summed E-state index contributed by atoms with van der Waals surface area (Å²) in [6.07, 6.45) is 3.38. The highest BCUT2D eigenvalue weighted by Crippen LogP contribution is 2.23. The normalized spacial score (nSPS) is 29.0. The molecule has 1 aromatic rings. The van der Waals surface area contributed by atoms with Gasteiger partial charge in [-0.05, 0) is 36.9 Å². The summed E-state index contributed by atoms with van der Waals surface area (Å²) in [7, 11) is 0. The van der Waals surface area contributed by atoms with Gasteiger partial charge in [0.15, 0.2) is 0 Å². The lowest BCUT2D eigenvalue weighted by molar-refractivity contribution is -0.136. The predicted molar refractivity (Wildman–Crippen MR) is 81.9 cm³/mol. The van der Waals surface area contributed by atoms with Crippen LogP contribution >= 0.6 is 0 Å². The number of carbonyl (C=O) groups excluding carboxylic acids is 1. The number of benzene rings is 1. The van der Waals surface area contributed by atoms with Crippen molar-refractivity contribution >= 4 is 5.91 Å². The Morgan fingerprint density at radius 1 is 1.14 bits per heavy atom.